The van der Waals surface area contributed by atoms with Crippen molar-refractivity contribution in [3.8, 4) is 0 Å². The van der Waals surface area contributed by atoms with Gasteiger partial charge in [0.25, 0.3) is 0 Å². The van der Waals surface area contributed by atoms with Gasteiger partial charge in [-0.2, -0.15) is 11.8 Å². The highest BCUT2D eigenvalue weighted by atomic mass is 32.2. The summed E-state index contributed by atoms with van der Waals surface area (Å²) in [6.45, 7) is 3.11. The Morgan fingerprint density at radius 1 is 1.59 bits per heavy atom. The van der Waals surface area contributed by atoms with Gasteiger partial charge >= 0.3 is 0 Å². The third kappa shape index (κ3) is 3.13. The predicted molar refractivity (Wildman–Crippen MR) is 75.2 cm³/mol. The highest BCUT2D eigenvalue weighted by molar-refractivity contribution is 8.00. The van der Waals surface area contributed by atoms with Crippen LogP contribution in [0.15, 0.2) is 18.3 Å². The molecule has 0 aliphatic carbocycles. The number of nitrogen functional groups attached to an aromatic ring is 1. The van der Waals surface area contributed by atoms with Crippen LogP contribution in [0.2, 0.25) is 0 Å². The molecule has 94 valence electrons. The Balaban J connectivity index is 2.18. The van der Waals surface area contributed by atoms with E-state index in [0.717, 1.165) is 12.1 Å². The van der Waals surface area contributed by atoms with Crippen LogP contribution in [-0.4, -0.2) is 22.5 Å². The van der Waals surface area contributed by atoms with Crippen molar-refractivity contribution in [3.05, 3.63) is 23.9 Å². The fourth-order valence-corrected chi connectivity index (χ4v) is 3.83. The van der Waals surface area contributed by atoms with Crippen LogP contribution in [0.25, 0.3) is 0 Å². The number of rotatable bonds is 4. The van der Waals surface area contributed by atoms with Crippen LogP contribution in [0.5, 0.6) is 0 Å². The zero-order valence-corrected chi connectivity index (χ0v) is 11.2. The van der Waals surface area contributed by atoms with E-state index in [4.69, 9.17) is 5.73 Å². The Morgan fingerprint density at radius 3 is 3.12 bits per heavy atom. The summed E-state index contributed by atoms with van der Waals surface area (Å²) < 4.78 is 0. The predicted octanol–water partition coefficient (Wildman–Crippen LogP) is 2.60. The van der Waals surface area contributed by atoms with Crippen LogP contribution < -0.4 is 11.1 Å². The molecule has 1 saturated heterocycles. The first-order valence-electron chi connectivity index (χ1n) is 6.38. The maximum Gasteiger partial charge on any atom is 0.128 e. The van der Waals surface area contributed by atoms with E-state index >= 15 is 0 Å². The molecule has 3 N–H and O–H groups in total. The number of hydrogen-bond donors (Lipinski definition) is 2. The molecule has 1 aliphatic heterocycles. The first kappa shape index (κ1) is 12.7. The lowest BCUT2D eigenvalue weighted by atomic mass is 10.00. The minimum Gasteiger partial charge on any atom is -0.383 e. The Morgan fingerprint density at radius 2 is 2.47 bits per heavy atom. The molecular weight excluding hydrogens is 230 g/mol. The third-order valence-corrected chi connectivity index (χ3v) is 4.68. The molecule has 4 heteroatoms. The highest BCUT2D eigenvalue weighted by Crippen LogP contribution is 2.35. The van der Waals surface area contributed by atoms with Gasteiger partial charge in [0.05, 0.1) is 0 Å². The van der Waals surface area contributed by atoms with Gasteiger partial charge in [-0.05, 0) is 31.2 Å². The molecule has 1 aromatic heterocycles. The van der Waals surface area contributed by atoms with Crippen molar-refractivity contribution in [2.24, 2.45) is 0 Å². The molecule has 0 saturated carbocycles. The van der Waals surface area contributed by atoms with Crippen molar-refractivity contribution in [2.45, 2.75) is 37.5 Å². The SMILES string of the molecule is CCNC(c1cccnc1N)C1CCCCS1. The third-order valence-electron chi connectivity index (χ3n) is 3.22. The minimum atomic E-state index is 0.346. The molecule has 2 atom stereocenters. The fourth-order valence-electron chi connectivity index (χ4n) is 2.38. The molecule has 0 bridgehead atoms. The number of nitrogens with one attached hydrogen (secondary N) is 1. The van der Waals surface area contributed by atoms with E-state index in [-0.39, 0.29) is 0 Å². The zero-order valence-electron chi connectivity index (χ0n) is 10.4. The van der Waals surface area contributed by atoms with E-state index in [2.05, 4.69) is 35.1 Å². The molecule has 1 aromatic rings. The Kier molecular flexibility index (Phi) is 4.68. The first-order chi connectivity index (χ1) is 8.33. The normalized spacial score (nSPS) is 22.3. The van der Waals surface area contributed by atoms with Crippen molar-refractivity contribution in [1.29, 1.82) is 0 Å². The molecule has 3 nitrogen and oxygen atoms in total. The second-order valence-electron chi connectivity index (χ2n) is 4.42. The van der Waals surface area contributed by atoms with E-state index < -0.39 is 0 Å². The van der Waals surface area contributed by atoms with Crippen LogP contribution in [0.4, 0.5) is 5.82 Å². The number of hydrogen-bond acceptors (Lipinski definition) is 4. The molecule has 2 heterocycles. The average Bonchev–Trinajstić information content (AvgIpc) is 2.38. The van der Waals surface area contributed by atoms with Crippen molar-refractivity contribution in [3.63, 3.8) is 0 Å². The van der Waals surface area contributed by atoms with E-state index in [1.54, 1.807) is 6.20 Å². The number of anilines is 1. The van der Waals surface area contributed by atoms with Gasteiger partial charge in [0, 0.05) is 23.1 Å². The van der Waals surface area contributed by atoms with Crippen LogP contribution in [0.3, 0.4) is 0 Å². The number of nitrogens with zero attached hydrogens (tertiary/aromatic N) is 1. The van der Waals surface area contributed by atoms with E-state index in [1.165, 1.54) is 25.0 Å². The van der Waals surface area contributed by atoms with Gasteiger partial charge in [-0.15, -0.1) is 0 Å². The number of pyridine rings is 1. The molecule has 2 rings (SSSR count). The van der Waals surface area contributed by atoms with Gasteiger partial charge in [0.15, 0.2) is 0 Å². The van der Waals surface area contributed by atoms with Crippen molar-refractivity contribution >= 4 is 17.6 Å². The van der Waals surface area contributed by atoms with Gasteiger partial charge in [0.1, 0.15) is 5.82 Å². The van der Waals surface area contributed by atoms with Crippen molar-refractivity contribution < 1.29 is 0 Å². The van der Waals surface area contributed by atoms with Crippen LogP contribution in [0.1, 0.15) is 37.8 Å². The summed E-state index contributed by atoms with van der Waals surface area (Å²) in [4.78, 5) is 4.21. The molecule has 17 heavy (non-hydrogen) atoms. The maximum absolute atomic E-state index is 6.00. The first-order valence-corrected chi connectivity index (χ1v) is 7.43. The standard InChI is InChI=1S/C13H21N3S/c1-2-15-12(11-7-3-4-9-17-11)10-6-5-8-16-13(10)14/h5-6,8,11-12,15H,2-4,7,9H2,1H3,(H2,14,16). The molecule has 1 fully saturated rings. The summed E-state index contributed by atoms with van der Waals surface area (Å²) in [5.74, 6) is 1.94. The van der Waals surface area contributed by atoms with Crippen LogP contribution >= 0.6 is 11.8 Å². The molecular formula is C13H21N3S. The average molecular weight is 251 g/mol. The highest BCUT2D eigenvalue weighted by Gasteiger charge is 2.26. The Hall–Kier alpha value is -0.740. The lowest BCUT2D eigenvalue weighted by molar-refractivity contribution is 0.491. The summed E-state index contributed by atoms with van der Waals surface area (Å²) in [6, 6.07) is 4.42. The van der Waals surface area contributed by atoms with Crippen LogP contribution in [0, 0.1) is 0 Å². The monoisotopic (exact) mass is 251 g/mol. The summed E-state index contributed by atoms with van der Waals surface area (Å²) >= 11 is 2.07. The molecule has 0 aromatic carbocycles. The summed E-state index contributed by atoms with van der Waals surface area (Å²) in [5.41, 5.74) is 7.16. The topological polar surface area (TPSA) is 50.9 Å². The second-order valence-corrected chi connectivity index (χ2v) is 5.77. The molecule has 0 radical (unpaired) electrons. The van der Waals surface area contributed by atoms with Crippen molar-refractivity contribution in [1.82, 2.24) is 10.3 Å². The number of nitrogens with two attached hydrogens (primary N) is 1. The quantitative estimate of drug-likeness (QED) is 0.863. The van der Waals surface area contributed by atoms with Gasteiger partial charge in [-0.3, -0.25) is 0 Å². The molecule has 1 aliphatic rings. The minimum absolute atomic E-state index is 0.346. The second kappa shape index (κ2) is 6.26. The molecule has 2 unspecified atom stereocenters. The zero-order chi connectivity index (χ0) is 12.1. The largest absolute Gasteiger partial charge is 0.383 e. The number of aromatic nitrogens is 1. The van der Waals surface area contributed by atoms with Gasteiger partial charge in [0.2, 0.25) is 0 Å². The lowest BCUT2D eigenvalue weighted by Gasteiger charge is -2.31. The maximum atomic E-state index is 6.00. The van der Waals surface area contributed by atoms with Crippen molar-refractivity contribution in [2.75, 3.05) is 18.0 Å². The Labute approximate surface area is 108 Å². The number of thioether (sulfide) groups is 1. The molecule has 0 amide bonds. The summed E-state index contributed by atoms with van der Waals surface area (Å²) in [5, 5.41) is 4.20. The van der Waals surface area contributed by atoms with E-state index in [9.17, 15) is 0 Å². The van der Waals surface area contributed by atoms with Gasteiger partial charge in [-0.25, -0.2) is 4.98 Å². The van der Waals surface area contributed by atoms with E-state index in [1.807, 2.05) is 6.07 Å². The smallest absolute Gasteiger partial charge is 0.128 e. The van der Waals surface area contributed by atoms with Crippen LogP contribution in [-0.2, 0) is 0 Å². The Bertz CT molecular complexity index is 350. The lowest BCUT2D eigenvalue weighted by Crippen LogP contribution is -2.32. The van der Waals surface area contributed by atoms with E-state index in [0.29, 0.717) is 17.1 Å². The summed E-state index contributed by atoms with van der Waals surface area (Å²) in [7, 11) is 0. The molecule has 0 spiro atoms. The van der Waals surface area contributed by atoms with Gasteiger partial charge in [-0.1, -0.05) is 19.4 Å². The fraction of sp³-hybridized carbons (Fsp3) is 0.615. The summed E-state index contributed by atoms with van der Waals surface area (Å²) in [6.07, 6.45) is 5.72. The van der Waals surface area contributed by atoms with Gasteiger partial charge < -0.3 is 11.1 Å².